The third-order valence-corrected chi connectivity index (χ3v) is 4.91. The summed E-state index contributed by atoms with van der Waals surface area (Å²) in [5.41, 5.74) is 4.11. The van der Waals surface area contributed by atoms with Crippen LogP contribution in [0.2, 0.25) is 0 Å². The number of hydrogen-bond donors (Lipinski definition) is 1. The zero-order valence-electron chi connectivity index (χ0n) is 18.6. The number of aromatic nitrogens is 1. The fourth-order valence-corrected chi connectivity index (χ4v) is 3.34. The Kier molecular flexibility index (Phi) is 7.92. The van der Waals surface area contributed by atoms with Crippen LogP contribution in [0.4, 0.5) is 4.39 Å². The first kappa shape index (κ1) is 22.9. The van der Waals surface area contributed by atoms with Crippen molar-refractivity contribution in [3.05, 3.63) is 107 Å². The molecule has 1 aliphatic carbocycles. The maximum Gasteiger partial charge on any atom is 0.251 e. The lowest BCUT2D eigenvalue weighted by molar-refractivity contribution is 0.0950. The smallest absolute Gasteiger partial charge is 0.251 e. The van der Waals surface area contributed by atoms with Gasteiger partial charge in [0.1, 0.15) is 17.3 Å². The molecule has 0 saturated heterocycles. The van der Waals surface area contributed by atoms with E-state index in [2.05, 4.69) is 28.5 Å². The van der Waals surface area contributed by atoms with Gasteiger partial charge in [-0.15, -0.1) is 0 Å². The summed E-state index contributed by atoms with van der Waals surface area (Å²) >= 11 is 0. The Balaban J connectivity index is 0.00000125. The molecule has 0 aliphatic heterocycles. The van der Waals surface area contributed by atoms with Gasteiger partial charge in [-0.05, 0) is 60.4 Å². The summed E-state index contributed by atoms with van der Waals surface area (Å²) in [5, 5.41) is 2.80. The lowest BCUT2D eigenvalue weighted by atomic mass is 10.1. The van der Waals surface area contributed by atoms with E-state index in [0.717, 1.165) is 23.7 Å². The van der Waals surface area contributed by atoms with Crippen LogP contribution in [-0.2, 0) is 6.54 Å². The largest absolute Gasteiger partial charge is 0.457 e. The van der Waals surface area contributed by atoms with Crippen molar-refractivity contribution in [2.75, 3.05) is 0 Å². The number of carbonyl (C=O) groups excluding carboxylic acids is 1. The zero-order chi connectivity index (χ0) is 22.9. The summed E-state index contributed by atoms with van der Waals surface area (Å²) in [6.45, 7) is 6.04. The van der Waals surface area contributed by atoms with E-state index in [0.29, 0.717) is 22.6 Å². The maximum absolute atomic E-state index is 13.3. The summed E-state index contributed by atoms with van der Waals surface area (Å²) in [6.07, 6.45) is 9.99. The van der Waals surface area contributed by atoms with Crippen LogP contribution in [0.3, 0.4) is 0 Å². The van der Waals surface area contributed by atoms with Crippen LogP contribution in [0.1, 0.15) is 48.7 Å². The molecule has 0 saturated carbocycles. The van der Waals surface area contributed by atoms with Crippen molar-refractivity contribution in [1.82, 2.24) is 10.3 Å². The molecule has 0 atom stereocenters. The van der Waals surface area contributed by atoms with E-state index in [4.69, 9.17) is 4.74 Å². The highest BCUT2D eigenvalue weighted by Crippen LogP contribution is 2.30. The Bertz CT molecular complexity index is 1160. The van der Waals surface area contributed by atoms with Gasteiger partial charge >= 0.3 is 0 Å². The number of allylic oxidation sites excluding steroid dienone is 4. The average molecular weight is 433 g/mol. The Morgan fingerprint density at radius 1 is 1.16 bits per heavy atom. The molecule has 0 bridgehead atoms. The minimum atomic E-state index is -0.431. The number of pyridine rings is 1. The van der Waals surface area contributed by atoms with Crippen molar-refractivity contribution < 1.29 is 15.3 Å². The molecular weight excluding hydrogens is 403 g/mol. The Hall–Kier alpha value is -3.73. The Morgan fingerprint density at radius 2 is 1.97 bits per heavy atom. The van der Waals surface area contributed by atoms with Crippen molar-refractivity contribution in [3.63, 3.8) is 0 Å². The normalized spacial score (nSPS) is 11.9. The molecule has 3 aromatic rings. The highest BCUT2D eigenvalue weighted by Gasteiger charge is 2.13. The molecule has 0 unspecified atom stereocenters. The molecule has 5 heteroatoms. The quantitative estimate of drug-likeness (QED) is 0.462. The van der Waals surface area contributed by atoms with Crippen molar-refractivity contribution in [3.8, 4) is 11.5 Å². The zero-order valence-corrected chi connectivity index (χ0v) is 18.6. The summed E-state index contributed by atoms with van der Waals surface area (Å²) < 4.78 is 19.4. The van der Waals surface area contributed by atoms with Gasteiger partial charge in [-0.1, -0.05) is 50.3 Å². The van der Waals surface area contributed by atoms with Crippen molar-refractivity contribution in [2.45, 2.75) is 33.7 Å². The van der Waals surface area contributed by atoms with E-state index < -0.39 is 5.82 Å². The molecule has 1 aliphatic rings. The van der Waals surface area contributed by atoms with Gasteiger partial charge in [0.2, 0.25) is 0 Å². The monoisotopic (exact) mass is 432 g/mol. The molecule has 2 aromatic carbocycles. The van der Waals surface area contributed by atoms with Crippen LogP contribution < -0.4 is 10.1 Å². The highest BCUT2D eigenvalue weighted by molar-refractivity contribution is 5.96. The van der Waals surface area contributed by atoms with Crippen LogP contribution in [0.5, 0.6) is 11.5 Å². The molecule has 4 nitrogen and oxygen atoms in total. The van der Waals surface area contributed by atoms with E-state index >= 15 is 0 Å². The molecule has 32 heavy (non-hydrogen) atoms. The molecule has 1 amide bonds. The summed E-state index contributed by atoms with van der Waals surface area (Å²) in [4.78, 5) is 16.5. The molecule has 1 heterocycles. The minimum Gasteiger partial charge on any atom is -0.457 e. The second kappa shape index (κ2) is 11.0. The van der Waals surface area contributed by atoms with Crippen molar-refractivity contribution >= 4 is 11.5 Å². The van der Waals surface area contributed by atoms with Crippen LogP contribution in [0.15, 0.2) is 79.2 Å². The van der Waals surface area contributed by atoms with Gasteiger partial charge in [0.15, 0.2) is 0 Å². The van der Waals surface area contributed by atoms with Gasteiger partial charge in [-0.3, -0.25) is 9.78 Å². The second-order valence-corrected chi connectivity index (χ2v) is 7.05. The number of halogens is 1. The summed E-state index contributed by atoms with van der Waals surface area (Å²) in [5.74, 6) is 0.639. The van der Waals surface area contributed by atoms with E-state index in [1.165, 1.54) is 17.8 Å². The second-order valence-electron chi connectivity index (χ2n) is 7.05. The predicted molar refractivity (Wildman–Crippen MR) is 128 cm³/mol. The van der Waals surface area contributed by atoms with E-state index in [9.17, 15) is 9.18 Å². The molecule has 0 radical (unpaired) electrons. The standard InChI is InChI=1S/C25H21FN2O2.C2H6.H2/c1-17-23(25(29)28-15-18-12-21(26)16-27-14-18)10-5-11-24(17)30-22-9-4-8-20(13-22)19-6-2-3-7-19;1-2;/h2,4-14,16H,3,15H2,1H3,(H,28,29);1-2H3;1H. The number of amides is 1. The lowest BCUT2D eigenvalue weighted by Crippen LogP contribution is -2.23. The SMILES string of the molecule is CC.Cc1c(Oc2cccc(C3=CCC=C3)c2)cccc1C(=O)NCc1cncc(F)c1.[HH]. The van der Waals surface area contributed by atoms with E-state index in [1.54, 1.807) is 12.1 Å². The van der Waals surface area contributed by atoms with Gasteiger partial charge in [-0.25, -0.2) is 4.39 Å². The molecular formula is C27H29FN2O2. The van der Waals surface area contributed by atoms with E-state index in [-0.39, 0.29) is 13.9 Å². The minimum absolute atomic E-state index is 0. The first-order valence-electron chi connectivity index (χ1n) is 10.7. The maximum atomic E-state index is 13.3. The number of nitrogens with one attached hydrogen (secondary N) is 1. The molecule has 4 rings (SSSR count). The van der Waals surface area contributed by atoms with Crippen LogP contribution in [0, 0.1) is 12.7 Å². The number of hydrogen-bond acceptors (Lipinski definition) is 3. The molecule has 0 fully saturated rings. The number of benzene rings is 2. The summed E-state index contributed by atoms with van der Waals surface area (Å²) in [7, 11) is 0. The number of carbonyl (C=O) groups is 1. The fraction of sp³-hybridized carbons (Fsp3) is 0.185. The Morgan fingerprint density at radius 3 is 2.72 bits per heavy atom. The van der Waals surface area contributed by atoms with Gasteiger partial charge in [0.05, 0.1) is 6.20 Å². The van der Waals surface area contributed by atoms with Gasteiger partial charge in [-0.2, -0.15) is 0 Å². The Labute approximate surface area is 190 Å². The third-order valence-electron chi connectivity index (χ3n) is 4.91. The van der Waals surface area contributed by atoms with Crippen LogP contribution in [-0.4, -0.2) is 10.9 Å². The summed E-state index contributed by atoms with van der Waals surface area (Å²) in [6, 6.07) is 14.6. The highest BCUT2D eigenvalue weighted by atomic mass is 19.1. The molecule has 1 aromatic heterocycles. The van der Waals surface area contributed by atoms with Gasteiger partial charge < -0.3 is 10.1 Å². The predicted octanol–water partition coefficient (Wildman–Crippen LogP) is 6.87. The third kappa shape index (κ3) is 5.70. The average Bonchev–Trinajstić information content (AvgIpc) is 3.36. The number of rotatable bonds is 6. The van der Waals surface area contributed by atoms with Crippen molar-refractivity contribution in [1.29, 1.82) is 0 Å². The lowest BCUT2D eigenvalue weighted by Gasteiger charge is -2.13. The molecule has 1 N–H and O–H groups in total. The fourth-order valence-electron chi connectivity index (χ4n) is 3.34. The van der Waals surface area contributed by atoms with Crippen LogP contribution >= 0.6 is 0 Å². The van der Waals surface area contributed by atoms with Crippen molar-refractivity contribution in [2.24, 2.45) is 0 Å². The van der Waals surface area contributed by atoms with Crippen LogP contribution in [0.25, 0.3) is 5.57 Å². The van der Waals surface area contributed by atoms with Gasteiger partial charge in [0.25, 0.3) is 5.91 Å². The number of ether oxygens (including phenoxy) is 1. The topological polar surface area (TPSA) is 51.2 Å². The first-order valence-corrected chi connectivity index (χ1v) is 10.7. The molecule has 166 valence electrons. The van der Waals surface area contributed by atoms with E-state index in [1.807, 2.05) is 51.1 Å². The first-order chi connectivity index (χ1) is 15.6. The number of nitrogens with zero attached hydrogens (tertiary/aromatic N) is 1. The molecule has 0 spiro atoms. The van der Waals surface area contributed by atoms with Gasteiger partial charge in [0, 0.05) is 25.3 Å².